The number of allylic oxidation sites excluding steroid dienone is 2. The highest BCUT2D eigenvalue weighted by atomic mass is 19.1. The van der Waals surface area contributed by atoms with Crippen LogP contribution in [0.2, 0.25) is 0 Å². The lowest BCUT2D eigenvalue weighted by molar-refractivity contribution is 0.305. The van der Waals surface area contributed by atoms with Crippen molar-refractivity contribution in [1.82, 2.24) is 0 Å². The molecule has 0 unspecified atom stereocenters. The Morgan fingerprint density at radius 3 is 2.38 bits per heavy atom. The Hall–Kier alpha value is -2.19. The van der Waals surface area contributed by atoms with Gasteiger partial charge in [-0.3, -0.25) is 0 Å². The minimum atomic E-state index is -0.237. The predicted molar refractivity (Wildman–Crippen MR) is 99.1 cm³/mol. The molecule has 0 heterocycles. The van der Waals surface area contributed by atoms with Gasteiger partial charge < -0.3 is 5.11 Å². The maximum atomic E-state index is 13.7. The van der Waals surface area contributed by atoms with Gasteiger partial charge in [-0.15, -0.1) is 0 Å². The molecule has 1 aliphatic rings. The van der Waals surface area contributed by atoms with Crippen molar-refractivity contribution in [3.8, 4) is 0 Å². The number of fused-ring (bicyclic) bond motifs is 1. The van der Waals surface area contributed by atoms with Gasteiger partial charge in [0.2, 0.25) is 0 Å². The molecule has 1 N–H and O–H groups in total. The highest BCUT2D eigenvalue weighted by Gasteiger charge is 2.23. The van der Waals surface area contributed by atoms with Crippen molar-refractivity contribution >= 4 is 17.2 Å². The molecule has 0 fully saturated rings. The van der Waals surface area contributed by atoms with Crippen LogP contribution in [0.4, 0.5) is 4.39 Å². The van der Waals surface area contributed by atoms with Crippen molar-refractivity contribution in [1.29, 1.82) is 0 Å². The van der Waals surface area contributed by atoms with Crippen molar-refractivity contribution in [2.24, 2.45) is 0 Å². The third-order valence-corrected chi connectivity index (χ3v) is 4.73. The van der Waals surface area contributed by atoms with Crippen molar-refractivity contribution < 1.29 is 9.50 Å². The molecule has 1 aliphatic carbocycles. The normalized spacial score (nSPS) is 15.5. The second kappa shape index (κ2) is 6.74. The number of aliphatic hydroxyl groups excluding tert-OH is 1. The lowest BCUT2D eigenvalue weighted by atomic mass is 9.98. The number of halogens is 1. The van der Waals surface area contributed by atoms with Crippen LogP contribution in [0.1, 0.15) is 55.4 Å². The monoisotopic (exact) mass is 322 g/mol. The average molecular weight is 322 g/mol. The van der Waals surface area contributed by atoms with Crippen LogP contribution in [0, 0.1) is 5.82 Å². The van der Waals surface area contributed by atoms with Gasteiger partial charge in [-0.05, 0) is 76.4 Å². The summed E-state index contributed by atoms with van der Waals surface area (Å²) in [5.41, 5.74) is 7.69. The topological polar surface area (TPSA) is 20.2 Å². The molecular formula is C22H23FO. The molecular weight excluding hydrogens is 299 g/mol. The highest BCUT2D eigenvalue weighted by Crippen LogP contribution is 2.43. The van der Waals surface area contributed by atoms with Gasteiger partial charge in [0.05, 0.1) is 0 Å². The van der Waals surface area contributed by atoms with Gasteiger partial charge in [0.15, 0.2) is 0 Å². The summed E-state index contributed by atoms with van der Waals surface area (Å²) < 4.78 is 13.7. The van der Waals surface area contributed by atoms with E-state index in [2.05, 4.69) is 51.1 Å². The van der Waals surface area contributed by atoms with Gasteiger partial charge in [-0.25, -0.2) is 4.39 Å². The lowest BCUT2D eigenvalue weighted by Crippen LogP contribution is -1.89. The van der Waals surface area contributed by atoms with Crippen LogP contribution < -0.4 is 0 Å². The van der Waals surface area contributed by atoms with Crippen molar-refractivity contribution in [3.63, 3.8) is 0 Å². The summed E-state index contributed by atoms with van der Waals surface area (Å²) in [5, 5.41) is 9.35. The largest absolute Gasteiger partial charge is 0.396 e. The van der Waals surface area contributed by atoms with Crippen LogP contribution in [-0.4, -0.2) is 11.7 Å². The zero-order valence-electron chi connectivity index (χ0n) is 14.4. The summed E-state index contributed by atoms with van der Waals surface area (Å²) in [7, 11) is 0. The molecule has 0 amide bonds. The summed E-state index contributed by atoms with van der Waals surface area (Å²) in [4.78, 5) is 0. The average Bonchev–Trinajstić information content (AvgIpc) is 2.81. The maximum absolute atomic E-state index is 13.7. The minimum Gasteiger partial charge on any atom is -0.396 e. The fraction of sp³-hybridized carbons (Fsp3) is 0.273. The molecule has 0 saturated heterocycles. The van der Waals surface area contributed by atoms with Gasteiger partial charge in [0, 0.05) is 6.61 Å². The van der Waals surface area contributed by atoms with Crippen molar-refractivity contribution in [3.05, 3.63) is 76.1 Å². The van der Waals surface area contributed by atoms with Crippen LogP contribution in [0.15, 0.2) is 48.0 Å². The maximum Gasteiger partial charge on any atom is 0.123 e. The zero-order chi connectivity index (χ0) is 17.3. The molecule has 2 aromatic carbocycles. The Bertz CT molecular complexity index is 810. The first-order valence-corrected chi connectivity index (χ1v) is 8.44. The summed E-state index contributed by atoms with van der Waals surface area (Å²) >= 11 is 0. The van der Waals surface area contributed by atoms with E-state index in [0.717, 1.165) is 33.4 Å². The van der Waals surface area contributed by atoms with Crippen LogP contribution >= 0.6 is 0 Å². The lowest BCUT2D eigenvalue weighted by Gasteiger charge is -2.07. The SMILES string of the molecule is CC1=C(CCO)c2cc(F)ccc2/C1=C\c1ccc(C(C)C)cc1. The van der Waals surface area contributed by atoms with Gasteiger partial charge >= 0.3 is 0 Å². The van der Waals surface area contributed by atoms with E-state index < -0.39 is 0 Å². The Morgan fingerprint density at radius 2 is 1.75 bits per heavy atom. The second-order valence-electron chi connectivity index (χ2n) is 6.65. The van der Waals surface area contributed by atoms with Gasteiger partial charge in [0.1, 0.15) is 5.82 Å². The molecule has 0 radical (unpaired) electrons. The van der Waals surface area contributed by atoms with E-state index in [9.17, 15) is 9.50 Å². The molecule has 0 spiro atoms. The van der Waals surface area contributed by atoms with E-state index >= 15 is 0 Å². The predicted octanol–water partition coefficient (Wildman–Crippen LogP) is 5.66. The fourth-order valence-corrected chi connectivity index (χ4v) is 3.33. The molecule has 124 valence electrons. The Labute approximate surface area is 143 Å². The fourth-order valence-electron chi connectivity index (χ4n) is 3.33. The zero-order valence-corrected chi connectivity index (χ0v) is 14.4. The van der Waals surface area contributed by atoms with Crippen LogP contribution in [0.25, 0.3) is 17.2 Å². The highest BCUT2D eigenvalue weighted by molar-refractivity contribution is 6.05. The van der Waals surface area contributed by atoms with Gasteiger partial charge in [-0.2, -0.15) is 0 Å². The number of hydrogen-bond donors (Lipinski definition) is 1. The third-order valence-electron chi connectivity index (χ3n) is 4.73. The van der Waals surface area contributed by atoms with E-state index in [4.69, 9.17) is 0 Å². The second-order valence-corrected chi connectivity index (χ2v) is 6.65. The van der Waals surface area contributed by atoms with E-state index in [0.29, 0.717) is 12.3 Å². The van der Waals surface area contributed by atoms with Gasteiger partial charge in [0.25, 0.3) is 0 Å². The Morgan fingerprint density at radius 1 is 1.04 bits per heavy atom. The summed E-state index contributed by atoms with van der Waals surface area (Å²) in [6, 6.07) is 13.5. The molecule has 2 heteroatoms. The molecule has 0 saturated carbocycles. The number of hydrogen-bond acceptors (Lipinski definition) is 1. The molecule has 0 bridgehead atoms. The molecule has 3 rings (SSSR count). The quantitative estimate of drug-likeness (QED) is 0.770. The van der Waals surface area contributed by atoms with Crippen LogP contribution in [0.5, 0.6) is 0 Å². The minimum absolute atomic E-state index is 0.0684. The Kier molecular flexibility index (Phi) is 4.68. The number of benzene rings is 2. The first-order chi connectivity index (χ1) is 11.5. The van der Waals surface area contributed by atoms with Crippen molar-refractivity contribution in [2.45, 2.75) is 33.1 Å². The summed E-state index contributed by atoms with van der Waals surface area (Å²) in [5.74, 6) is 0.277. The molecule has 0 aromatic heterocycles. The van der Waals surface area contributed by atoms with E-state index in [1.165, 1.54) is 11.6 Å². The van der Waals surface area contributed by atoms with Crippen LogP contribution in [0.3, 0.4) is 0 Å². The van der Waals surface area contributed by atoms with E-state index in [1.807, 2.05) is 6.07 Å². The smallest absolute Gasteiger partial charge is 0.123 e. The van der Waals surface area contributed by atoms with Crippen LogP contribution in [-0.2, 0) is 0 Å². The molecule has 0 aliphatic heterocycles. The molecule has 2 aromatic rings. The first-order valence-electron chi connectivity index (χ1n) is 8.44. The summed E-state index contributed by atoms with van der Waals surface area (Å²) in [6.45, 7) is 6.49. The standard InChI is InChI=1S/C22H23FO/c1-14(2)17-6-4-16(5-7-17)12-21-15(3)19(10-11-24)22-13-18(23)8-9-20(21)22/h4-9,12-14,24H,10-11H2,1-3H3/b21-12-. The van der Waals surface area contributed by atoms with E-state index in [1.54, 1.807) is 6.07 Å². The van der Waals surface area contributed by atoms with Crippen molar-refractivity contribution in [2.75, 3.05) is 6.61 Å². The molecule has 24 heavy (non-hydrogen) atoms. The number of rotatable bonds is 4. The summed E-state index contributed by atoms with van der Waals surface area (Å²) in [6.07, 6.45) is 2.70. The number of aliphatic hydroxyl groups is 1. The van der Waals surface area contributed by atoms with E-state index in [-0.39, 0.29) is 12.4 Å². The Balaban J connectivity index is 2.07. The molecule has 0 atom stereocenters. The molecule has 1 nitrogen and oxygen atoms in total. The first kappa shape index (κ1) is 16.7. The van der Waals surface area contributed by atoms with Gasteiger partial charge in [-0.1, -0.05) is 44.2 Å². The third kappa shape index (κ3) is 3.07.